The number of hydrogen-bond acceptors (Lipinski definition) is 10. The Bertz CT molecular complexity index is 2170. The summed E-state index contributed by atoms with van der Waals surface area (Å²) in [6.45, 7) is 5.71. The van der Waals surface area contributed by atoms with E-state index < -0.39 is 23.4 Å². The monoisotopic (exact) mass is 724 g/mol. The molecule has 0 spiro atoms. The lowest BCUT2D eigenvalue weighted by Gasteiger charge is -2.33. The van der Waals surface area contributed by atoms with Crippen LogP contribution in [-0.2, 0) is 6.42 Å². The number of aliphatic hydroxyl groups excluding tert-OH is 1. The van der Waals surface area contributed by atoms with Crippen LogP contribution < -0.4 is 30.0 Å². The zero-order chi connectivity index (χ0) is 37.8. The SMILES string of the molecule is COc1cc2nccc(Oc3ccc(NC(=O)c4c(C)c(CC(O)CN5CCN(C)CC5)cn(-c5ccc(N(C)C)cc5)c4=O)cc3F)c2cc1OC. The summed E-state index contributed by atoms with van der Waals surface area (Å²) in [6, 6.07) is 16.5. The first-order chi connectivity index (χ1) is 25.4. The first-order valence-electron chi connectivity index (χ1n) is 17.4. The van der Waals surface area contributed by atoms with Crippen LogP contribution in [0.5, 0.6) is 23.0 Å². The van der Waals surface area contributed by atoms with Crippen molar-refractivity contribution >= 4 is 28.2 Å². The van der Waals surface area contributed by atoms with E-state index in [2.05, 4.69) is 27.1 Å². The highest BCUT2D eigenvalue weighted by atomic mass is 19.1. The lowest BCUT2D eigenvalue weighted by Crippen LogP contribution is -2.47. The zero-order valence-electron chi connectivity index (χ0n) is 30.9. The van der Waals surface area contributed by atoms with Gasteiger partial charge in [-0.2, -0.15) is 0 Å². The molecule has 1 saturated heterocycles. The summed E-state index contributed by atoms with van der Waals surface area (Å²) in [6.07, 6.45) is 2.75. The average molecular weight is 725 g/mol. The molecule has 13 heteroatoms. The second kappa shape index (κ2) is 16.0. The maximum Gasteiger partial charge on any atom is 0.268 e. The Balaban J connectivity index is 1.28. The minimum atomic E-state index is -0.732. The van der Waals surface area contributed by atoms with Crippen molar-refractivity contribution in [2.75, 3.05) is 78.3 Å². The maximum absolute atomic E-state index is 15.6. The van der Waals surface area contributed by atoms with E-state index in [1.165, 1.54) is 30.9 Å². The van der Waals surface area contributed by atoms with Crippen LogP contribution >= 0.6 is 0 Å². The number of carbonyl (C=O) groups is 1. The van der Waals surface area contributed by atoms with E-state index in [9.17, 15) is 14.7 Å². The quantitative estimate of drug-likeness (QED) is 0.180. The van der Waals surface area contributed by atoms with Gasteiger partial charge in [0.25, 0.3) is 11.5 Å². The normalized spacial score (nSPS) is 14.2. The van der Waals surface area contributed by atoms with Crippen LogP contribution in [0.1, 0.15) is 21.5 Å². The lowest BCUT2D eigenvalue weighted by molar-refractivity contribution is 0.0805. The number of carbonyl (C=O) groups excluding carboxylic acids is 1. The molecule has 1 amide bonds. The smallest absolute Gasteiger partial charge is 0.268 e. The van der Waals surface area contributed by atoms with Crippen LogP contribution in [0.4, 0.5) is 15.8 Å². The number of amides is 1. The molecule has 0 aliphatic carbocycles. The van der Waals surface area contributed by atoms with Gasteiger partial charge in [-0.1, -0.05) is 0 Å². The molecule has 1 aliphatic heterocycles. The fourth-order valence-corrected chi connectivity index (χ4v) is 6.49. The standard InChI is InChI=1S/C40H45FN6O6/c1-25-26(19-30(48)24-46-17-15-45(4)16-18-46)23-47(29-10-8-28(9-11-29)44(2)3)40(50)38(25)39(49)43-27-7-12-35(32(41)20-27)53-34-13-14-42-33-22-37(52-6)36(51-5)21-31(33)34/h7-14,20-23,30,48H,15-19,24H2,1-6H3,(H,43,49). The summed E-state index contributed by atoms with van der Waals surface area (Å²) in [5, 5.41) is 14.5. The summed E-state index contributed by atoms with van der Waals surface area (Å²) < 4.78 is 33.8. The third kappa shape index (κ3) is 8.27. The van der Waals surface area contributed by atoms with Crippen LogP contribution in [-0.4, -0.2) is 105 Å². The third-order valence-corrected chi connectivity index (χ3v) is 9.58. The molecule has 2 N–H and O–H groups in total. The molecule has 1 atom stereocenters. The molecule has 0 bridgehead atoms. The molecule has 6 rings (SSSR count). The Morgan fingerprint density at radius 3 is 2.32 bits per heavy atom. The number of benzene rings is 3. The van der Waals surface area contributed by atoms with Gasteiger partial charge in [0.1, 0.15) is 11.3 Å². The van der Waals surface area contributed by atoms with Crippen molar-refractivity contribution in [3.05, 3.63) is 106 Å². The molecule has 0 radical (unpaired) electrons. The van der Waals surface area contributed by atoms with E-state index in [0.717, 1.165) is 37.9 Å². The number of ether oxygens (including phenoxy) is 3. The Labute approximate surface area is 307 Å². The van der Waals surface area contributed by atoms with Gasteiger partial charge in [0.05, 0.1) is 25.8 Å². The predicted octanol–water partition coefficient (Wildman–Crippen LogP) is 5.11. The number of aliphatic hydroxyl groups is 1. The van der Waals surface area contributed by atoms with Crippen LogP contribution in [0.2, 0.25) is 0 Å². The van der Waals surface area contributed by atoms with E-state index in [1.54, 1.807) is 37.5 Å². The number of methoxy groups -OCH3 is 2. The van der Waals surface area contributed by atoms with Crippen molar-refractivity contribution in [2.24, 2.45) is 0 Å². The molecule has 12 nitrogen and oxygen atoms in total. The third-order valence-electron chi connectivity index (χ3n) is 9.58. The number of pyridine rings is 2. The van der Waals surface area contributed by atoms with E-state index in [4.69, 9.17) is 14.2 Å². The average Bonchev–Trinajstić information content (AvgIpc) is 3.14. The number of likely N-dealkylation sites (N-methyl/N-ethyl adjacent to an activating group) is 1. The topological polar surface area (TPSA) is 122 Å². The predicted molar refractivity (Wildman–Crippen MR) is 204 cm³/mol. The van der Waals surface area contributed by atoms with Gasteiger partial charge in [0, 0.05) is 100 Å². The van der Waals surface area contributed by atoms with E-state index in [-0.39, 0.29) is 23.4 Å². The zero-order valence-corrected chi connectivity index (χ0v) is 30.9. The summed E-state index contributed by atoms with van der Waals surface area (Å²) >= 11 is 0. The minimum Gasteiger partial charge on any atom is -0.493 e. The molecular weight excluding hydrogens is 679 g/mol. The van der Waals surface area contributed by atoms with Crippen molar-refractivity contribution in [3.8, 4) is 28.7 Å². The number of aromatic nitrogens is 2. The van der Waals surface area contributed by atoms with E-state index in [1.807, 2.05) is 43.3 Å². The second-order valence-electron chi connectivity index (χ2n) is 13.4. The number of rotatable bonds is 12. The highest BCUT2D eigenvalue weighted by Crippen LogP contribution is 2.37. The summed E-state index contributed by atoms with van der Waals surface area (Å²) in [5.41, 5.74) is 2.68. The van der Waals surface area contributed by atoms with E-state index >= 15 is 4.39 Å². The van der Waals surface area contributed by atoms with Gasteiger partial charge in [-0.3, -0.25) is 24.0 Å². The number of piperazine rings is 1. The first-order valence-corrected chi connectivity index (χ1v) is 17.4. The van der Waals surface area contributed by atoms with Gasteiger partial charge in [-0.05, 0) is 73.6 Å². The number of anilines is 2. The highest BCUT2D eigenvalue weighted by Gasteiger charge is 2.24. The van der Waals surface area contributed by atoms with Crippen LogP contribution in [0.25, 0.3) is 16.6 Å². The molecule has 2 aromatic heterocycles. The summed E-state index contributed by atoms with van der Waals surface area (Å²) in [7, 11) is 8.97. The Morgan fingerprint density at radius 2 is 1.66 bits per heavy atom. The van der Waals surface area contributed by atoms with Gasteiger partial charge in [0.2, 0.25) is 0 Å². The Kier molecular flexibility index (Phi) is 11.3. The molecule has 5 aromatic rings. The minimum absolute atomic E-state index is 0.0821. The fourth-order valence-electron chi connectivity index (χ4n) is 6.49. The number of β-amino-alcohol motifs (C(OH)–C–C–N with tert-alkyl or cyclic N) is 1. The van der Waals surface area contributed by atoms with E-state index in [0.29, 0.717) is 51.5 Å². The number of fused-ring (bicyclic) bond motifs is 1. The molecule has 3 aromatic carbocycles. The largest absolute Gasteiger partial charge is 0.493 e. The molecule has 0 saturated carbocycles. The van der Waals surface area contributed by atoms with Gasteiger partial charge >= 0.3 is 0 Å². The Morgan fingerprint density at radius 1 is 0.962 bits per heavy atom. The lowest BCUT2D eigenvalue weighted by atomic mass is 9.99. The molecule has 1 aliphatic rings. The number of nitrogens with one attached hydrogen (secondary N) is 1. The van der Waals surface area contributed by atoms with Crippen molar-refractivity contribution < 1.29 is 28.5 Å². The van der Waals surface area contributed by atoms with Gasteiger partial charge < -0.3 is 34.4 Å². The van der Waals surface area contributed by atoms with Crippen LogP contribution in [0.3, 0.4) is 0 Å². The Hall–Kier alpha value is -5.50. The van der Waals surface area contributed by atoms with Gasteiger partial charge in [0.15, 0.2) is 23.1 Å². The summed E-state index contributed by atoms with van der Waals surface area (Å²) in [5.74, 6) is -0.216. The molecular formula is C40H45FN6O6. The first kappa shape index (κ1) is 37.3. The van der Waals surface area contributed by atoms with Crippen molar-refractivity contribution in [3.63, 3.8) is 0 Å². The molecule has 53 heavy (non-hydrogen) atoms. The van der Waals surface area contributed by atoms with Crippen molar-refractivity contribution in [1.29, 1.82) is 0 Å². The number of halogens is 1. The number of hydrogen-bond donors (Lipinski definition) is 2. The number of nitrogens with zero attached hydrogens (tertiary/aromatic N) is 5. The fraction of sp³-hybridized carbons (Fsp3) is 0.325. The van der Waals surface area contributed by atoms with Crippen molar-refractivity contribution in [1.82, 2.24) is 19.4 Å². The molecule has 1 fully saturated rings. The van der Waals surface area contributed by atoms with Crippen LogP contribution in [0.15, 0.2) is 77.9 Å². The van der Waals surface area contributed by atoms with Crippen molar-refractivity contribution in [2.45, 2.75) is 19.4 Å². The van der Waals surface area contributed by atoms with Gasteiger partial charge in [-0.25, -0.2) is 4.39 Å². The molecule has 3 heterocycles. The van der Waals surface area contributed by atoms with Crippen LogP contribution in [0, 0.1) is 12.7 Å². The highest BCUT2D eigenvalue weighted by molar-refractivity contribution is 6.05. The molecule has 1 unspecified atom stereocenters. The maximum atomic E-state index is 15.6. The molecule has 278 valence electrons. The second-order valence-corrected chi connectivity index (χ2v) is 13.4. The van der Waals surface area contributed by atoms with Gasteiger partial charge in [-0.15, -0.1) is 0 Å². The summed E-state index contributed by atoms with van der Waals surface area (Å²) in [4.78, 5) is 38.7.